The molecule has 0 unspecified atom stereocenters. The molecule has 36 rings (SSSR count). The number of hydrogen-bond acceptors (Lipinski definition) is 0. The Bertz CT molecular complexity index is 7660. The SMILES string of the molecule is C[C@@]12[C]3[C]4[C]5[C]6[C]3[C@]3(c7ccccc7)c7c1c1c8c2c2c9c%10c(c%11c%12c%13c(c%14c%15c%16c(c3c3c7c7c1c1c%17c8c9c8c9c%10c%12c%10c%12c%13c%15c%13c%15c%16c3c3c7c1c1c(c8%17)c(c9%10)c(c%12%13)c1c%153)[C@@]6%14Cc1ccccc1)[C@]5%11Cc1ccccc1)[C@]42C.[CH]1[CH][CH][CH][CH]1.[Fe+2]. The molecule has 2 fully saturated rings. The summed E-state index contributed by atoms with van der Waals surface area (Å²) in [4.78, 5) is 0. The summed E-state index contributed by atoms with van der Waals surface area (Å²) in [5.74, 6) is 8.85. The molecule has 0 spiro atoms. The van der Waals surface area contributed by atoms with Gasteiger partial charge >= 0.3 is 17.1 Å². The minimum Gasteiger partial charge on any atom is -0.0622 e. The van der Waals surface area contributed by atoms with Crippen molar-refractivity contribution in [3.8, 4) is 0 Å². The second-order valence-electron chi connectivity index (χ2n) is 31.1. The van der Waals surface area contributed by atoms with Gasteiger partial charge in [-0.15, -0.1) is 0 Å². The summed E-state index contributed by atoms with van der Waals surface area (Å²) in [6.45, 7) is 5.77. The summed E-state index contributed by atoms with van der Waals surface area (Å²) in [5.41, 5.74) is 19.9. The van der Waals surface area contributed by atoms with Crippen molar-refractivity contribution in [1.29, 1.82) is 0 Å². The first kappa shape index (κ1) is 39.5. The van der Waals surface area contributed by atoms with Gasteiger partial charge in [0.1, 0.15) is 0 Å². The van der Waals surface area contributed by atoms with E-state index < -0.39 is 16.2 Å². The number of hydrogen-bond donors (Lipinski definition) is 0. The summed E-state index contributed by atoms with van der Waals surface area (Å²) in [7, 11) is 0. The molecule has 2 saturated carbocycles. The van der Waals surface area contributed by atoms with E-state index in [1.54, 1.807) is 301 Å². The molecule has 10 radical (unpaired) electrons. The van der Waals surface area contributed by atoms with Crippen LogP contribution in [0.1, 0.15) is 86.2 Å². The van der Waals surface area contributed by atoms with Crippen LogP contribution in [0.4, 0.5) is 0 Å². The average molecular weight is 1130 g/mol. The first-order valence-electron chi connectivity index (χ1n) is 32.6. The zero-order chi connectivity index (χ0) is 53.5. The Morgan fingerprint density at radius 1 is 0.216 bits per heavy atom. The largest absolute Gasteiger partial charge is 2.00 e. The molecule has 24 aromatic carbocycles. The fourth-order valence-corrected chi connectivity index (χ4v) is 29.2. The Kier molecular flexibility index (Phi) is 4.50. The Morgan fingerprint density at radius 3 is 0.773 bits per heavy atom. The molecule has 0 aliphatic heterocycles. The quantitative estimate of drug-likeness (QED) is 0.119. The van der Waals surface area contributed by atoms with Crippen molar-refractivity contribution in [2.75, 3.05) is 0 Å². The Labute approximate surface area is 507 Å². The minimum absolute atomic E-state index is 0. The van der Waals surface area contributed by atoms with Crippen LogP contribution in [0.25, 0.3) is 215 Å². The van der Waals surface area contributed by atoms with E-state index in [9.17, 15) is 0 Å². The molecule has 0 saturated heterocycles. The maximum absolute atomic E-state index is 2.89. The maximum Gasteiger partial charge on any atom is 2.00 e. The minimum atomic E-state index is -0.498. The summed E-state index contributed by atoms with van der Waals surface area (Å²) in [5, 5.41) is 66.7. The predicted octanol–water partition coefficient (Wildman–Crippen LogP) is 20.2. The summed E-state index contributed by atoms with van der Waals surface area (Å²) in [6.07, 6.45) is 12.0. The normalized spacial score (nSPS) is 27.9. The maximum atomic E-state index is 2.89. The third kappa shape index (κ3) is 2.51. The van der Waals surface area contributed by atoms with Crippen LogP contribution in [0.3, 0.4) is 0 Å². The van der Waals surface area contributed by atoms with Gasteiger partial charge in [0.25, 0.3) is 0 Å². The van der Waals surface area contributed by atoms with E-state index in [0.717, 1.165) is 12.8 Å². The van der Waals surface area contributed by atoms with E-state index in [0.29, 0.717) is 0 Å². The van der Waals surface area contributed by atoms with Crippen LogP contribution >= 0.6 is 0 Å². The molecule has 12 aliphatic carbocycles. The van der Waals surface area contributed by atoms with Gasteiger partial charge in [-0.2, -0.15) is 0 Å². The van der Waals surface area contributed by atoms with E-state index in [2.05, 4.69) is 105 Å². The Morgan fingerprint density at radius 2 is 0.432 bits per heavy atom. The van der Waals surface area contributed by atoms with Crippen molar-refractivity contribution >= 4 is 215 Å². The molecule has 0 nitrogen and oxygen atoms in total. The van der Waals surface area contributed by atoms with E-state index in [1.807, 2.05) is 32.1 Å². The monoisotopic (exact) mass is 1130 g/mol. The molecule has 0 aromatic heterocycles. The van der Waals surface area contributed by atoms with Gasteiger partial charge in [0.05, 0.1) is 5.41 Å². The predicted molar refractivity (Wildman–Crippen MR) is 357 cm³/mol. The Balaban J connectivity index is 0.000000679. The second-order valence-corrected chi connectivity index (χ2v) is 31.1. The molecule has 88 heavy (non-hydrogen) atoms. The smallest absolute Gasteiger partial charge is 0.0622 e. The van der Waals surface area contributed by atoms with Crippen molar-refractivity contribution in [3.63, 3.8) is 0 Å². The molecule has 0 N–H and O–H groups in total. The van der Waals surface area contributed by atoms with Crippen LogP contribution in [0, 0.1) is 61.7 Å². The molecule has 12 aliphatic rings. The van der Waals surface area contributed by atoms with Crippen molar-refractivity contribution in [2.24, 2.45) is 0 Å². The molecule has 384 valence electrons. The first-order valence-corrected chi connectivity index (χ1v) is 32.6. The van der Waals surface area contributed by atoms with Crippen molar-refractivity contribution in [1.82, 2.24) is 0 Å². The van der Waals surface area contributed by atoms with Gasteiger partial charge in [0.15, 0.2) is 0 Å². The third-order valence-electron chi connectivity index (χ3n) is 29.8. The van der Waals surface area contributed by atoms with Crippen LogP contribution in [-0.2, 0) is 57.0 Å². The molecular formula is C87H30Fe+2. The van der Waals surface area contributed by atoms with E-state index >= 15 is 0 Å². The fraction of sp³-hybridized carbons (Fsp3) is 0.103. The number of rotatable bonds is 5. The van der Waals surface area contributed by atoms with Crippen molar-refractivity contribution < 1.29 is 17.1 Å². The van der Waals surface area contributed by atoms with Gasteiger partial charge in [0, 0.05) is 51.2 Å². The van der Waals surface area contributed by atoms with Crippen LogP contribution in [0.2, 0.25) is 0 Å². The standard InChI is InChI=1S/C82H25.C5H5.Fe/c1-78-63-53-43-33-28-23-24-26-27-25(23)30-36-34(28)44(43)54-56-46(36)51-41(30)42-32(27)40-39-31(26)38-37-29(24)35(33)45-47(37)57-58-48(38)49(39)59-60-50(40)52(42)62-61(51)71-66(56)79(2,64(54)63)74-73(78)75-76-77(74)82(71,22-16-10-5-11-17-22)72(62)70(60)81(76,19-21-14-8-4-9-15-21)69(59)68(58)80(75,67(57)65(78)55(45)53)18-20-12-6-3-7-13-20;1-2-4-5-3-1;/h3-17H,18-19H2,1-2H3;1-5H;/q;;+2/t78-,79+,80-,81+,82-;;/m1../s1. The van der Waals surface area contributed by atoms with Gasteiger partial charge in [0.2, 0.25) is 0 Å². The summed E-state index contributed by atoms with van der Waals surface area (Å²) < 4.78 is 0. The molecule has 5 atom stereocenters. The zero-order valence-electron chi connectivity index (χ0n) is 46.8. The second kappa shape index (κ2) is 10.0. The van der Waals surface area contributed by atoms with Crippen LogP contribution in [-0.4, -0.2) is 0 Å². The van der Waals surface area contributed by atoms with E-state index in [4.69, 9.17) is 0 Å². The van der Waals surface area contributed by atoms with E-state index in [1.165, 1.54) is 16.7 Å². The summed E-state index contributed by atoms with van der Waals surface area (Å²) >= 11 is 0. The van der Waals surface area contributed by atoms with Crippen molar-refractivity contribution in [3.05, 3.63) is 225 Å². The van der Waals surface area contributed by atoms with Crippen LogP contribution in [0.5, 0.6) is 0 Å². The zero-order valence-corrected chi connectivity index (χ0v) is 47.9. The first-order chi connectivity index (χ1) is 43.1. The summed E-state index contributed by atoms with van der Waals surface area (Å²) in [6, 6.07) is 36.7. The van der Waals surface area contributed by atoms with E-state index in [-0.39, 0.29) is 27.9 Å². The van der Waals surface area contributed by atoms with Gasteiger partial charge in [-0.05, 0) is 333 Å². The molecule has 24 aromatic rings. The fourth-order valence-electron chi connectivity index (χ4n) is 29.2. The van der Waals surface area contributed by atoms with Gasteiger partial charge in [-0.25, -0.2) is 0 Å². The van der Waals surface area contributed by atoms with Gasteiger partial charge in [-0.3, -0.25) is 0 Å². The topological polar surface area (TPSA) is 0 Å². The van der Waals surface area contributed by atoms with Gasteiger partial charge in [-0.1, -0.05) is 105 Å². The van der Waals surface area contributed by atoms with Gasteiger partial charge < -0.3 is 0 Å². The molecule has 0 amide bonds. The molecule has 0 heterocycles. The van der Waals surface area contributed by atoms with Crippen LogP contribution < -0.4 is 0 Å². The molecular weight excluding hydrogens is 1100 g/mol. The third-order valence-corrected chi connectivity index (χ3v) is 29.8. The Hall–Kier alpha value is -8.32. The number of benzene rings is 18. The van der Waals surface area contributed by atoms with Crippen molar-refractivity contribution in [2.45, 2.75) is 53.8 Å². The van der Waals surface area contributed by atoms with Crippen LogP contribution in [0.15, 0.2) is 91.0 Å². The molecule has 1 heteroatoms. The average Bonchev–Trinajstić information content (AvgIpc) is 1.38. The molecule has 0 bridgehead atoms.